The second-order valence-corrected chi connectivity index (χ2v) is 5.45. The van der Waals surface area contributed by atoms with Crippen LogP contribution in [0.3, 0.4) is 0 Å². The van der Waals surface area contributed by atoms with Gasteiger partial charge in [0.05, 0.1) is 0 Å². The van der Waals surface area contributed by atoms with E-state index in [1.807, 2.05) is 0 Å². The van der Waals surface area contributed by atoms with E-state index in [1.165, 1.54) is 24.1 Å². The normalized spacial score (nSPS) is 11.9. The SMILES string of the molecule is CCC(CC)Nc1ccccc1C(C)(C)C. The van der Waals surface area contributed by atoms with Crippen molar-refractivity contribution >= 4 is 5.69 Å². The first kappa shape index (κ1) is 13.1. The molecule has 16 heavy (non-hydrogen) atoms. The summed E-state index contributed by atoms with van der Waals surface area (Å²) in [6.07, 6.45) is 2.35. The van der Waals surface area contributed by atoms with E-state index in [4.69, 9.17) is 0 Å². The minimum absolute atomic E-state index is 0.204. The Morgan fingerprint density at radius 3 is 2.12 bits per heavy atom. The number of hydrogen-bond donors (Lipinski definition) is 1. The summed E-state index contributed by atoms with van der Waals surface area (Å²) in [5.41, 5.74) is 2.90. The van der Waals surface area contributed by atoms with Gasteiger partial charge in [-0.15, -0.1) is 0 Å². The van der Waals surface area contributed by atoms with Gasteiger partial charge in [-0.25, -0.2) is 0 Å². The first-order valence-corrected chi connectivity index (χ1v) is 6.35. The maximum absolute atomic E-state index is 3.65. The van der Waals surface area contributed by atoms with Crippen LogP contribution in [-0.4, -0.2) is 6.04 Å². The highest BCUT2D eigenvalue weighted by atomic mass is 14.9. The zero-order valence-electron chi connectivity index (χ0n) is 11.3. The van der Waals surface area contributed by atoms with Crippen LogP contribution in [0.2, 0.25) is 0 Å². The maximum Gasteiger partial charge on any atom is 0.0380 e. The molecule has 1 rings (SSSR count). The molecule has 0 fully saturated rings. The summed E-state index contributed by atoms with van der Waals surface area (Å²) in [6.45, 7) is 11.3. The smallest absolute Gasteiger partial charge is 0.0380 e. The topological polar surface area (TPSA) is 12.0 Å². The van der Waals surface area contributed by atoms with Gasteiger partial charge in [-0.1, -0.05) is 52.8 Å². The third-order valence-electron chi connectivity index (χ3n) is 3.08. The van der Waals surface area contributed by atoms with E-state index in [0.717, 1.165) is 0 Å². The van der Waals surface area contributed by atoms with Crippen LogP contribution in [-0.2, 0) is 5.41 Å². The van der Waals surface area contributed by atoms with Crippen LogP contribution in [0.25, 0.3) is 0 Å². The van der Waals surface area contributed by atoms with Crippen molar-refractivity contribution in [1.29, 1.82) is 0 Å². The van der Waals surface area contributed by atoms with Gasteiger partial charge >= 0.3 is 0 Å². The summed E-state index contributed by atoms with van der Waals surface area (Å²) >= 11 is 0. The second-order valence-electron chi connectivity index (χ2n) is 5.45. The van der Waals surface area contributed by atoms with Gasteiger partial charge < -0.3 is 5.32 Å². The van der Waals surface area contributed by atoms with Crippen LogP contribution < -0.4 is 5.32 Å². The fourth-order valence-electron chi connectivity index (χ4n) is 1.98. The number of nitrogens with one attached hydrogen (secondary N) is 1. The first-order valence-electron chi connectivity index (χ1n) is 6.35. The molecule has 0 amide bonds. The van der Waals surface area contributed by atoms with Crippen LogP contribution in [0, 0.1) is 0 Å². The lowest BCUT2D eigenvalue weighted by Gasteiger charge is -2.26. The largest absolute Gasteiger partial charge is 0.382 e. The number of benzene rings is 1. The van der Waals surface area contributed by atoms with Crippen molar-refractivity contribution < 1.29 is 0 Å². The summed E-state index contributed by atoms with van der Waals surface area (Å²) < 4.78 is 0. The molecule has 0 heterocycles. The van der Waals surface area contributed by atoms with Gasteiger partial charge in [-0.05, 0) is 29.9 Å². The fourth-order valence-corrected chi connectivity index (χ4v) is 1.98. The molecular weight excluding hydrogens is 194 g/mol. The van der Waals surface area contributed by atoms with E-state index < -0.39 is 0 Å². The van der Waals surface area contributed by atoms with E-state index >= 15 is 0 Å². The van der Waals surface area contributed by atoms with Crippen LogP contribution in [0.1, 0.15) is 53.0 Å². The molecule has 1 aromatic rings. The van der Waals surface area contributed by atoms with Crippen molar-refractivity contribution in [3.63, 3.8) is 0 Å². The van der Waals surface area contributed by atoms with Gasteiger partial charge in [0.25, 0.3) is 0 Å². The Balaban J connectivity index is 2.95. The van der Waals surface area contributed by atoms with E-state index in [1.54, 1.807) is 0 Å². The number of hydrogen-bond acceptors (Lipinski definition) is 1. The van der Waals surface area contributed by atoms with Gasteiger partial charge in [0, 0.05) is 11.7 Å². The van der Waals surface area contributed by atoms with Crippen LogP contribution >= 0.6 is 0 Å². The van der Waals surface area contributed by atoms with E-state index in [9.17, 15) is 0 Å². The summed E-state index contributed by atoms with van der Waals surface area (Å²) in [5.74, 6) is 0. The molecule has 0 aromatic heterocycles. The Morgan fingerprint density at radius 2 is 1.62 bits per heavy atom. The van der Waals surface area contributed by atoms with Crippen LogP contribution in [0.5, 0.6) is 0 Å². The van der Waals surface area contributed by atoms with Gasteiger partial charge in [0.1, 0.15) is 0 Å². The average Bonchev–Trinajstić information content (AvgIpc) is 2.25. The van der Waals surface area contributed by atoms with Gasteiger partial charge in [-0.2, -0.15) is 0 Å². The Hall–Kier alpha value is -0.980. The maximum atomic E-state index is 3.65. The van der Waals surface area contributed by atoms with Crippen molar-refractivity contribution in [2.24, 2.45) is 0 Å². The third-order valence-corrected chi connectivity index (χ3v) is 3.08. The molecule has 0 aliphatic rings. The summed E-state index contributed by atoms with van der Waals surface area (Å²) in [5, 5.41) is 3.65. The third kappa shape index (κ3) is 3.26. The molecule has 0 spiro atoms. The summed E-state index contributed by atoms with van der Waals surface area (Å²) in [4.78, 5) is 0. The van der Waals surface area contributed by atoms with Crippen LogP contribution in [0.4, 0.5) is 5.69 Å². The molecular formula is C15H25N. The minimum atomic E-state index is 0.204. The minimum Gasteiger partial charge on any atom is -0.382 e. The Kier molecular flexibility index (Phi) is 4.40. The van der Waals surface area contributed by atoms with E-state index in [2.05, 4.69) is 64.2 Å². The second kappa shape index (κ2) is 5.38. The van der Waals surface area contributed by atoms with Crippen molar-refractivity contribution in [3.05, 3.63) is 29.8 Å². The highest BCUT2D eigenvalue weighted by molar-refractivity contribution is 5.54. The zero-order valence-corrected chi connectivity index (χ0v) is 11.3. The van der Waals surface area contributed by atoms with Gasteiger partial charge in [0.2, 0.25) is 0 Å². The first-order chi connectivity index (χ1) is 7.49. The molecule has 0 atom stereocenters. The number of anilines is 1. The lowest BCUT2D eigenvalue weighted by molar-refractivity contribution is 0.587. The van der Waals surface area contributed by atoms with Crippen molar-refractivity contribution in [2.75, 3.05) is 5.32 Å². The van der Waals surface area contributed by atoms with E-state index in [-0.39, 0.29) is 5.41 Å². The quantitative estimate of drug-likeness (QED) is 0.781. The molecule has 1 nitrogen and oxygen atoms in total. The fraction of sp³-hybridized carbons (Fsp3) is 0.600. The molecule has 1 N–H and O–H groups in total. The van der Waals surface area contributed by atoms with E-state index in [0.29, 0.717) is 6.04 Å². The predicted molar refractivity (Wildman–Crippen MR) is 73.1 cm³/mol. The van der Waals surface area contributed by atoms with Crippen molar-refractivity contribution in [2.45, 2.75) is 58.9 Å². The standard InChI is InChI=1S/C15H25N/c1-6-12(7-2)16-14-11-9-8-10-13(14)15(3,4)5/h8-12,16H,6-7H2,1-5H3. The summed E-state index contributed by atoms with van der Waals surface area (Å²) in [7, 11) is 0. The molecule has 0 saturated heterocycles. The number of para-hydroxylation sites is 1. The highest BCUT2D eigenvalue weighted by Gasteiger charge is 2.18. The monoisotopic (exact) mass is 219 g/mol. The van der Waals surface area contributed by atoms with Gasteiger partial charge in [-0.3, -0.25) is 0 Å². The molecule has 0 aliphatic carbocycles. The average molecular weight is 219 g/mol. The van der Waals surface area contributed by atoms with Crippen molar-refractivity contribution in [1.82, 2.24) is 0 Å². The lowest BCUT2D eigenvalue weighted by Crippen LogP contribution is -2.21. The van der Waals surface area contributed by atoms with Crippen LogP contribution in [0.15, 0.2) is 24.3 Å². The molecule has 0 aliphatic heterocycles. The Morgan fingerprint density at radius 1 is 1.06 bits per heavy atom. The van der Waals surface area contributed by atoms with Gasteiger partial charge in [0.15, 0.2) is 0 Å². The predicted octanol–water partition coefficient (Wildman–Crippen LogP) is 4.58. The highest BCUT2D eigenvalue weighted by Crippen LogP contribution is 2.30. The molecule has 90 valence electrons. The molecule has 0 unspecified atom stereocenters. The molecule has 0 saturated carbocycles. The van der Waals surface area contributed by atoms with Crippen molar-refractivity contribution in [3.8, 4) is 0 Å². The Labute approximate surface area is 100 Å². The zero-order chi connectivity index (χ0) is 12.2. The summed E-state index contributed by atoms with van der Waals surface area (Å²) in [6, 6.07) is 9.24. The number of rotatable bonds is 4. The molecule has 0 radical (unpaired) electrons. The molecule has 1 heteroatoms. The molecule has 0 bridgehead atoms. The lowest BCUT2D eigenvalue weighted by atomic mass is 9.85. The Bertz CT molecular complexity index is 318. The molecule has 1 aromatic carbocycles.